The Labute approximate surface area is 136 Å². The summed E-state index contributed by atoms with van der Waals surface area (Å²) in [5.41, 5.74) is 0.449. The first-order valence-corrected chi connectivity index (χ1v) is 9.14. The van der Waals surface area contributed by atoms with E-state index in [0.29, 0.717) is 5.57 Å². The number of hydrogen-bond acceptors (Lipinski definition) is 7. The second kappa shape index (κ2) is 8.11. The molecule has 0 aromatic rings. The predicted octanol–water partition coefficient (Wildman–Crippen LogP) is 3.32. The molecule has 0 radical (unpaired) electrons. The second-order valence-corrected chi connectivity index (χ2v) is 7.68. The Bertz CT molecular complexity index is 522. The molecule has 8 heteroatoms. The highest BCUT2D eigenvalue weighted by Crippen LogP contribution is 2.50. The Morgan fingerprint density at radius 3 is 2.22 bits per heavy atom. The summed E-state index contributed by atoms with van der Waals surface area (Å²) in [6.07, 6.45) is -1.46. The molecular weight excluding hydrogens is 323 g/mol. The zero-order chi connectivity index (χ0) is 17.8. The van der Waals surface area contributed by atoms with Gasteiger partial charge in [0.1, 0.15) is 24.3 Å². The molecule has 1 aliphatic rings. The highest BCUT2D eigenvalue weighted by molar-refractivity contribution is 7.53. The molecule has 0 spiro atoms. The topological polar surface area (TPSA) is 91.3 Å². The van der Waals surface area contributed by atoms with Crippen molar-refractivity contribution >= 4 is 13.6 Å². The van der Waals surface area contributed by atoms with Gasteiger partial charge in [-0.15, -0.1) is 0 Å². The van der Waals surface area contributed by atoms with Crippen molar-refractivity contribution in [2.75, 3.05) is 13.0 Å². The summed E-state index contributed by atoms with van der Waals surface area (Å²) in [5.74, 6) is -1.03. The van der Waals surface area contributed by atoms with Gasteiger partial charge in [0.2, 0.25) is 0 Å². The van der Waals surface area contributed by atoms with E-state index in [1.54, 1.807) is 34.6 Å². The standard InChI is InChI=1S/C15H25O7P/c1-9(2)21-23(18,22-10(3)4)8-20-12(6)13-7-19-15(17)14(13)11(5)16/h9-10,12,16H,5,7-8H2,1-4,6H3. The smallest absolute Gasteiger partial charge is 0.356 e. The summed E-state index contributed by atoms with van der Waals surface area (Å²) < 4.78 is 33.9. The first-order chi connectivity index (χ1) is 10.6. The largest absolute Gasteiger partial charge is 0.508 e. The minimum absolute atomic E-state index is 0.00175. The number of esters is 1. The van der Waals surface area contributed by atoms with Crippen molar-refractivity contribution in [1.82, 2.24) is 0 Å². The van der Waals surface area contributed by atoms with Crippen molar-refractivity contribution in [2.45, 2.75) is 52.9 Å². The molecule has 0 amide bonds. The molecule has 1 aliphatic heterocycles. The Morgan fingerprint density at radius 2 is 1.78 bits per heavy atom. The van der Waals surface area contributed by atoms with E-state index in [0.717, 1.165) is 0 Å². The Morgan fingerprint density at radius 1 is 1.26 bits per heavy atom. The first-order valence-electron chi connectivity index (χ1n) is 7.41. The molecule has 0 bridgehead atoms. The van der Waals surface area contributed by atoms with Crippen molar-refractivity contribution in [3.05, 3.63) is 23.5 Å². The van der Waals surface area contributed by atoms with E-state index in [1.165, 1.54) is 0 Å². The highest BCUT2D eigenvalue weighted by atomic mass is 31.2. The lowest BCUT2D eigenvalue weighted by Crippen LogP contribution is -2.18. The summed E-state index contributed by atoms with van der Waals surface area (Å²) in [7, 11) is -3.44. The minimum Gasteiger partial charge on any atom is -0.508 e. The molecule has 1 heterocycles. The van der Waals surface area contributed by atoms with Crippen LogP contribution in [0, 0.1) is 0 Å². The summed E-state index contributed by atoms with van der Waals surface area (Å²) in [4.78, 5) is 11.6. The lowest BCUT2D eigenvalue weighted by Gasteiger charge is -2.24. The van der Waals surface area contributed by atoms with E-state index in [1.807, 2.05) is 0 Å². The summed E-state index contributed by atoms with van der Waals surface area (Å²) in [6, 6.07) is 0. The van der Waals surface area contributed by atoms with Crippen LogP contribution in [-0.2, 0) is 27.9 Å². The van der Waals surface area contributed by atoms with E-state index in [-0.39, 0.29) is 36.5 Å². The van der Waals surface area contributed by atoms with Crippen LogP contribution in [0.4, 0.5) is 0 Å². The number of aliphatic hydroxyl groups excluding tert-OH is 1. The van der Waals surface area contributed by atoms with E-state index >= 15 is 0 Å². The van der Waals surface area contributed by atoms with Gasteiger partial charge in [-0.3, -0.25) is 4.57 Å². The molecule has 0 saturated heterocycles. The van der Waals surface area contributed by atoms with Gasteiger partial charge >= 0.3 is 13.6 Å². The van der Waals surface area contributed by atoms with Crippen LogP contribution in [0.3, 0.4) is 0 Å². The van der Waals surface area contributed by atoms with Crippen LogP contribution in [0.15, 0.2) is 23.5 Å². The van der Waals surface area contributed by atoms with Crippen molar-refractivity contribution in [3.63, 3.8) is 0 Å². The van der Waals surface area contributed by atoms with Crippen molar-refractivity contribution in [1.29, 1.82) is 0 Å². The maximum absolute atomic E-state index is 12.7. The van der Waals surface area contributed by atoms with Crippen molar-refractivity contribution in [2.24, 2.45) is 0 Å². The number of hydrogen-bond donors (Lipinski definition) is 1. The van der Waals surface area contributed by atoms with Gasteiger partial charge in [-0.05, 0) is 34.6 Å². The number of cyclic esters (lactones) is 1. The van der Waals surface area contributed by atoms with Gasteiger partial charge in [-0.25, -0.2) is 4.79 Å². The quantitative estimate of drug-likeness (QED) is 0.388. The molecule has 1 N–H and O–H groups in total. The zero-order valence-corrected chi connectivity index (χ0v) is 15.1. The van der Waals surface area contributed by atoms with Gasteiger partial charge in [0.05, 0.1) is 18.3 Å². The van der Waals surface area contributed by atoms with Gasteiger partial charge in [-0.1, -0.05) is 6.58 Å². The predicted molar refractivity (Wildman–Crippen MR) is 85.2 cm³/mol. The highest BCUT2D eigenvalue weighted by Gasteiger charge is 2.33. The molecule has 0 aromatic carbocycles. The van der Waals surface area contributed by atoms with Crippen LogP contribution in [0.25, 0.3) is 0 Å². The Hall–Kier alpha value is -1.14. The molecule has 0 aromatic heterocycles. The molecule has 1 unspecified atom stereocenters. The normalized spacial score (nSPS) is 17.1. The summed E-state index contributed by atoms with van der Waals surface area (Å²) >= 11 is 0. The fourth-order valence-corrected chi connectivity index (χ4v) is 3.94. The third kappa shape index (κ3) is 5.77. The van der Waals surface area contributed by atoms with Crippen LogP contribution in [0.1, 0.15) is 34.6 Å². The van der Waals surface area contributed by atoms with Crippen LogP contribution in [0.5, 0.6) is 0 Å². The van der Waals surface area contributed by atoms with E-state index in [4.69, 9.17) is 18.5 Å². The molecule has 0 aliphatic carbocycles. The molecule has 1 atom stereocenters. The number of ether oxygens (including phenoxy) is 2. The molecule has 7 nitrogen and oxygen atoms in total. The summed E-state index contributed by atoms with van der Waals surface area (Å²) in [6.45, 7) is 12.0. The second-order valence-electron chi connectivity index (χ2n) is 5.78. The molecule has 0 fully saturated rings. The molecule has 0 saturated carbocycles. The zero-order valence-electron chi connectivity index (χ0n) is 14.2. The summed E-state index contributed by atoms with van der Waals surface area (Å²) in [5, 5.41) is 9.49. The third-order valence-corrected chi connectivity index (χ3v) is 4.84. The van der Waals surface area contributed by atoms with Gasteiger partial charge < -0.3 is 23.6 Å². The monoisotopic (exact) mass is 348 g/mol. The van der Waals surface area contributed by atoms with Crippen LogP contribution in [0.2, 0.25) is 0 Å². The lowest BCUT2D eigenvalue weighted by molar-refractivity contribution is -0.136. The maximum Gasteiger partial charge on any atom is 0.356 e. The Kier molecular flexibility index (Phi) is 7.02. The van der Waals surface area contributed by atoms with E-state index in [9.17, 15) is 14.5 Å². The molecule has 1 rings (SSSR count). The average Bonchev–Trinajstić information content (AvgIpc) is 2.76. The number of aliphatic hydroxyl groups is 1. The van der Waals surface area contributed by atoms with Gasteiger partial charge in [0.15, 0.2) is 0 Å². The van der Waals surface area contributed by atoms with Gasteiger partial charge in [0.25, 0.3) is 0 Å². The first kappa shape index (κ1) is 19.9. The molecule has 132 valence electrons. The van der Waals surface area contributed by atoms with Crippen LogP contribution < -0.4 is 0 Å². The van der Waals surface area contributed by atoms with Crippen LogP contribution in [-0.4, -0.2) is 42.3 Å². The number of carbonyl (C=O) groups excluding carboxylic acids is 1. The average molecular weight is 348 g/mol. The minimum atomic E-state index is -3.44. The molecule has 23 heavy (non-hydrogen) atoms. The fraction of sp³-hybridized carbons (Fsp3) is 0.667. The van der Waals surface area contributed by atoms with E-state index in [2.05, 4.69) is 6.58 Å². The van der Waals surface area contributed by atoms with Crippen molar-refractivity contribution in [3.8, 4) is 0 Å². The van der Waals surface area contributed by atoms with Gasteiger partial charge in [0, 0.05) is 5.57 Å². The molecular formula is C15H25O7P. The fourth-order valence-electron chi connectivity index (χ4n) is 2.07. The van der Waals surface area contributed by atoms with Gasteiger partial charge in [-0.2, -0.15) is 0 Å². The van der Waals surface area contributed by atoms with Crippen molar-refractivity contribution < 1.29 is 33.0 Å². The number of rotatable bonds is 9. The maximum atomic E-state index is 12.7. The van der Waals surface area contributed by atoms with E-state index < -0.39 is 19.7 Å². The third-order valence-electron chi connectivity index (χ3n) is 2.89. The number of carbonyl (C=O) groups is 1. The SMILES string of the molecule is C=C(O)C1=C(C(C)OCP(=O)(OC(C)C)OC(C)C)COC1=O. The Balaban J connectivity index is 2.83. The van der Waals surface area contributed by atoms with Crippen LogP contribution >= 0.6 is 7.60 Å². The lowest BCUT2D eigenvalue weighted by atomic mass is 10.1.